The number of nitrogens with one attached hydrogen (secondary N) is 1. The third-order valence-electron chi connectivity index (χ3n) is 5.47. The molecule has 3 amide bonds. The predicted molar refractivity (Wildman–Crippen MR) is 139 cm³/mol. The summed E-state index contributed by atoms with van der Waals surface area (Å²) in [6.45, 7) is 6.50. The van der Waals surface area contributed by atoms with Gasteiger partial charge < -0.3 is 15.1 Å². The van der Waals surface area contributed by atoms with E-state index in [1.807, 2.05) is 62.7 Å². The molecule has 180 valence electrons. The fourth-order valence-electron chi connectivity index (χ4n) is 3.39. The van der Waals surface area contributed by atoms with Gasteiger partial charge in [-0.3, -0.25) is 4.79 Å². The third kappa shape index (κ3) is 7.08. The molecule has 1 N–H and O–H groups in total. The van der Waals surface area contributed by atoms with E-state index in [1.54, 1.807) is 40.1 Å². The molecule has 0 aliphatic carbocycles. The van der Waals surface area contributed by atoms with Crippen LogP contribution in [0.3, 0.4) is 0 Å². The van der Waals surface area contributed by atoms with E-state index in [0.29, 0.717) is 18.8 Å². The van der Waals surface area contributed by atoms with E-state index in [9.17, 15) is 14.0 Å². The summed E-state index contributed by atoms with van der Waals surface area (Å²) in [5, 5.41) is 4.90. The first-order chi connectivity index (χ1) is 16.3. The number of nitrogens with zero attached hydrogens (tertiary/aromatic N) is 2. The minimum Gasteiger partial charge on any atom is -0.332 e. The SMILES string of the molecule is CSc1ccc(NC(=O)N(CC(=O)N(Cc2ccc(F)cc2)Cc2sccc2C)C(C)C)cc1. The van der Waals surface area contributed by atoms with Crippen LogP contribution in [-0.4, -0.2) is 40.6 Å². The lowest BCUT2D eigenvalue weighted by Crippen LogP contribution is -2.47. The first-order valence-corrected chi connectivity index (χ1v) is 13.1. The first kappa shape index (κ1) is 25.8. The molecule has 5 nitrogen and oxygen atoms in total. The predicted octanol–water partition coefficient (Wildman–Crippen LogP) is 6.39. The van der Waals surface area contributed by atoms with Crippen LogP contribution in [0.4, 0.5) is 14.9 Å². The lowest BCUT2D eigenvalue weighted by Gasteiger charge is -2.30. The van der Waals surface area contributed by atoms with E-state index in [1.165, 1.54) is 17.0 Å². The number of hydrogen-bond donors (Lipinski definition) is 1. The highest BCUT2D eigenvalue weighted by Crippen LogP contribution is 2.21. The molecule has 3 aromatic rings. The molecule has 0 aliphatic rings. The van der Waals surface area contributed by atoms with Gasteiger partial charge in [0.15, 0.2) is 0 Å². The van der Waals surface area contributed by atoms with Crippen molar-refractivity contribution < 1.29 is 14.0 Å². The summed E-state index contributed by atoms with van der Waals surface area (Å²) in [5.41, 5.74) is 2.63. The van der Waals surface area contributed by atoms with E-state index in [0.717, 1.165) is 20.9 Å². The molecule has 0 unspecified atom stereocenters. The molecule has 0 aliphatic heterocycles. The number of hydrogen-bond acceptors (Lipinski definition) is 4. The Labute approximate surface area is 209 Å². The van der Waals surface area contributed by atoms with Crippen molar-refractivity contribution in [2.75, 3.05) is 18.1 Å². The zero-order valence-corrected chi connectivity index (χ0v) is 21.5. The Morgan fingerprint density at radius 2 is 1.71 bits per heavy atom. The number of halogens is 1. The fourth-order valence-corrected chi connectivity index (χ4v) is 4.72. The van der Waals surface area contributed by atoms with Gasteiger partial charge in [-0.05, 0) is 86.0 Å². The van der Waals surface area contributed by atoms with E-state index >= 15 is 0 Å². The summed E-state index contributed by atoms with van der Waals surface area (Å²) < 4.78 is 13.4. The van der Waals surface area contributed by atoms with Crippen molar-refractivity contribution in [3.8, 4) is 0 Å². The minimum atomic E-state index is -0.325. The van der Waals surface area contributed by atoms with Gasteiger partial charge >= 0.3 is 6.03 Å². The molecule has 0 atom stereocenters. The molecule has 8 heteroatoms. The number of rotatable bonds is 9. The van der Waals surface area contributed by atoms with Crippen LogP contribution >= 0.6 is 23.1 Å². The molecular weight excluding hydrogens is 469 g/mol. The molecule has 0 radical (unpaired) electrons. The highest BCUT2D eigenvalue weighted by atomic mass is 32.2. The molecule has 0 bridgehead atoms. The van der Waals surface area contributed by atoms with Crippen molar-refractivity contribution in [1.29, 1.82) is 0 Å². The first-order valence-electron chi connectivity index (χ1n) is 11.0. The Balaban J connectivity index is 1.75. The highest BCUT2D eigenvalue weighted by molar-refractivity contribution is 7.98. The third-order valence-corrected chi connectivity index (χ3v) is 7.22. The zero-order chi connectivity index (χ0) is 24.7. The molecule has 2 aromatic carbocycles. The number of urea groups is 1. The van der Waals surface area contributed by atoms with Crippen LogP contribution in [0.15, 0.2) is 64.9 Å². The van der Waals surface area contributed by atoms with Crippen molar-refractivity contribution in [1.82, 2.24) is 9.80 Å². The molecule has 3 rings (SSSR count). The zero-order valence-electron chi connectivity index (χ0n) is 19.9. The number of thioether (sulfide) groups is 1. The molecule has 0 spiro atoms. The Morgan fingerprint density at radius 1 is 1.03 bits per heavy atom. The Hall–Kier alpha value is -2.84. The average Bonchev–Trinajstić information content (AvgIpc) is 3.22. The maximum absolute atomic E-state index is 13.4. The lowest BCUT2D eigenvalue weighted by molar-refractivity contribution is -0.133. The summed E-state index contributed by atoms with van der Waals surface area (Å²) in [7, 11) is 0. The van der Waals surface area contributed by atoms with E-state index in [-0.39, 0.29) is 30.3 Å². The Morgan fingerprint density at radius 3 is 2.26 bits per heavy atom. The fraction of sp³-hybridized carbons (Fsp3) is 0.308. The number of thiophene rings is 1. The van der Waals surface area contributed by atoms with Crippen molar-refractivity contribution in [2.24, 2.45) is 0 Å². The molecule has 0 fully saturated rings. The van der Waals surface area contributed by atoms with Crippen molar-refractivity contribution in [3.05, 3.63) is 81.8 Å². The van der Waals surface area contributed by atoms with Crippen LogP contribution < -0.4 is 5.32 Å². The van der Waals surface area contributed by atoms with Gasteiger partial charge in [0, 0.05) is 28.0 Å². The monoisotopic (exact) mass is 499 g/mol. The normalized spacial score (nSPS) is 10.9. The summed E-state index contributed by atoms with van der Waals surface area (Å²) in [4.78, 5) is 31.9. The summed E-state index contributed by atoms with van der Waals surface area (Å²) in [6.07, 6.45) is 2.00. The smallest absolute Gasteiger partial charge is 0.322 e. The van der Waals surface area contributed by atoms with Gasteiger partial charge in [0.25, 0.3) is 0 Å². The van der Waals surface area contributed by atoms with Gasteiger partial charge in [0.05, 0.1) is 6.54 Å². The topological polar surface area (TPSA) is 52.7 Å². The van der Waals surface area contributed by atoms with Crippen LogP contribution in [0.5, 0.6) is 0 Å². The number of amides is 3. The number of aryl methyl sites for hydroxylation is 1. The maximum atomic E-state index is 13.4. The van der Waals surface area contributed by atoms with Crippen molar-refractivity contribution in [3.63, 3.8) is 0 Å². The van der Waals surface area contributed by atoms with Crippen LogP contribution in [0, 0.1) is 12.7 Å². The maximum Gasteiger partial charge on any atom is 0.322 e. The number of carbonyl (C=O) groups is 2. The lowest BCUT2D eigenvalue weighted by atomic mass is 10.2. The van der Waals surface area contributed by atoms with Crippen LogP contribution in [0.2, 0.25) is 0 Å². The molecule has 34 heavy (non-hydrogen) atoms. The second-order valence-corrected chi connectivity index (χ2v) is 10.2. The summed E-state index contributed by atoms with van der Waals surface area (Å²) in [5.74, 6) is -0.484. The number of benzene rings is 2. The summed E-state index contributed by atoms with van der Waals surface area (Å²) >= 11 is 3.23. The number of carbonyl (C=O) groups excluding carboxylic acids is 2. The average molecular weight is 500 g/mol. The second-order valence-electron chi connectivity index (χ2n) is 8.28. The second kappa shape index (κ2) is 12.0. The van der Waals surface area contributed by atoms with E-state index < -0.39 is 0 Å². The molecule has 1 heterocycles. The standard InChI is InChI=1S/C26H30FN3O2S2/c1-18(2)30(26(32)28-22-9-11-23(33-4)12-10-22)17-25(31)29(16-24-19(3)13-14-34-24)15-20-5-7-21(27)8-6-20/h5-14,18H,15-17H2,1-4H3,(H,28,32). The van der Waals surface area contributed by atoms with Gasteiger partial charge in [0.1, 0.15) is 12.4 Å². The van der Waals surface area contributed by atoms with Gasteiger partial charge in [0.2, 0.25) is 5.91 Å². The van der Waals surface area contributed by atoms with Crippen molar-refractivity contribution >= 4 is 40.7 Å². The molecular formula is C26H30FN3O2S2. The van der Waals surface area contributed by atoms with E-state index in [4.69, 9.17) is 0 Å². The van der Waals surface area contributed by atoms with Gasteiger partial charge in [-0.2, -0.15) is 0 Å². The van der Waals surface area contributed by atoms with E-state index in [2.05, 4.69) is 5.32 Å². The highest BCUT2D eigenvalue weighted by Gasteiger charge is 2.24. The quantitative estimate of drug-likeness (QED) is 0.347. The van der Waals surface area contributed by atoms with Crippen LogP contribution in [0.1, 0.15) is 29.9 Å². The largest absolute Gasteiger partial charge is 0.332 e. The van der Waals surface area contributed by atoms with Crippen molar-refractivity contribution in [2.45, 2.75) is 44.8 Å². The minimum absolute atomic E-state index is 0.0575. The van der Waals surface area contributed by atoms with Gasteiger partial charge in [-0.15, -0.1) is 23.1 Å². The Kier molecular flexibility index (Phi) is 9.12. The molecule has 1 aromatic heterocycles. The molecule has 0 saturated carbocycles. The van der Waals surface area contributed by atoms with Crippen LogP contribution in [-0.2, 0) is 17.9 Å². The van der Waals surface area contributed by atoms with Gasteiger partial charge in [-0.25, -0.2) is 9.18 Å². The van der Waals surface area contributed by atoms with Crippen LogP contribution in [0.25, 0.3) is 0 Å². The molecule has 0 saturated heterocycles. The number of anilines is 1. The summed E-state index contributed by atoms with van der Waals surface area (Å²) in [6, 6.07) is 15.3. The van der Waals surface area contributed by atoms with Gasteiger partial charge in [-0.1, -0.05) is 12.1 Å². The Bertz CT molecular complexity index is 1100.